The Labute approximate surface area is 148 Å². The molecule has 0 bridgehead atoms. The monoisotopic (exact) mass is 370 g/mol. The largest absolute Gasteiger partial charge is 0.370 e. The summed E-state index contributed by atoms with van der Waals surface area (Å²) in [5, 5.41) is 0.377. The highest BCUT2D eigenvalue weighted by Gasteiger charge is 2.31. The summed E-state index contributed by atoms with van der Waals surface area (Å²) in [6.45, 7) is 3.52. The lowest BCUT2D eigenvalue weighted by molar-refractivity contribution is 0.380. The molecule has 0 radical (unpaired) electrons. The van der Waals surface area contributed by atoms with Crippen LogP contribution in [0, 0.1) is 0 Å². The molecule has 0 aromatic heterocycles. The van der Waals surface area contributed by atoms with Gasteiger partial charge in [-0.3, -0.25) is 4.99 Å². The van der Waals surface area contributed by atoms with Crippen LogP contribution in [0.15, 0.2) is 29.3 Å². The number of piperazine rings is 1. The third-order valence-corrected chi connectivity index (χ3v) is 7.23. The van der Waals surface area contributed by atoms with Crippen molar-refractivity contribution < 1.29 is 8.42 Å². The van der Waals surface area contributed by atoms with Gasteiger partial charge in [0, 0.05) is 36.9 Å². The van der Waals surface area contributed by atoms with E-state index in [2.05, 4.69) is 9.89 Å². The Morgan fingerprint density at radius 1 is 1.21 bits per heavy atom. The first kappa shape index (κ1) is 17.4. The van der Waals surface area contributed by atoms with E-state index in [1.807, 2.05) is 29.2 Å². The Morgan fingerprint density at radius 3 is 2.46 bits per heavy atom. The maximum absolute atomic E-state index is 11.8. The van der Waals surface area contributed by atoms with Gasteiger partial charge in [0.25, 0.3) is 0 Å². The Balaban J connectivity index is 1.54. The first-order valence-electron chi connectivity index (χ1n) is 8.23. The van der Waals surface area contributed by atoms with E-state index in [0.717, 1.165) is 43.3 Å². The number of nitrogens with zero attached hydrogens (tertiary/aromatic N) is 3. The highest BCUT2D eigenvalue weighted by molar-refractivity contribution is 7.92. The second kappa shape index (κ2) is 7.19. The topological polar surface area (TPSA) is 79.0 Å². The molecule has 0 spiro atoms. The van der Waals surface area contributed by atoms with Crippen molar-refractivity contribution in [1.29, 1.82) is 0 Å². The van der Waals surface area contributed by atoms with Crippen molar-refractivity contribution in [3.05, 3.63) is 29.3 Å². The summed E-state index contributed by atoms with van der Waals surface area (Å²) < 4.78 is 23.7. The fourth-order valence-corrected chi connectivity index (χ4v) is 5.06. The Kier molecular flexibility index (Phi) is 5.20. The van der Waals surface area contributed by atoms with Crippen LogP contribution in [-0.4, -0.2) is 63.0 Å². The normalized spacial score (nSPS) is 24.4. The molecule has 2 heterocycles. The summed E-state index contributed by atoms with van der Waals surface area (Å²) >= 11 is 5.92. The van der Waals surface area contributed by atoms with Crippen LogP contribution >= 0.6 is 11.6 Å². The van der Waals surface area contributed by atoms with Crippen molar-refractivity contribution in [2.45, 2.75) is 18.1 Å². The first-order valence-corrected chi connectivity index (χ1v) is 10.3. The SMILES string of the molecule is NC(=NCC1CCCS1(=O)=O)N1CCN(c2ccc(Cl)cc2)CC1. The molecule has 0 amide bonds. The molecule has 0 aliphatic carbocycles. The van der Waals surface area contributed by atoms with Gasteiger partial charge in [-0.15, -0.1) is 0 Å². The lowest BCUT2D eigenvalue weighted by Crippen LogP contribution is -2.51. The molecule has 1 aromatic rings. The molecule has 2 aliphatic rings. The molecule has 2 aliphatic heterocycles. The van der Waals surface area contributed by atoms with Gasteiger partial charge < -0.3 is 15.5 Å². The second-order valence-electron chi connectivity index (χ2n) is 6.28. The maximum atomic E-state index is 11.8. The van der Waals surface area contributed by atoms with Crippen LogP contribution in [0.5, 0.6) is 0 Å². The van der Waals surface area contributed by atoms with Crippen LogP contribution in [0.1, 0.15) is 12.8 Å². The summed E-state index contributed by atoms with van der Waals surface area (Å²) in [5.41, 5.74) is 7.21. The van der Waals surface area contributed by atoms with E-state index in [1.54, 1.807) is 0 Å². The number of aliphatic imine (C=N–C) groups is 1. The van der Waals surface area contributed by atoms with Gasteiger partial charge in [0.1, 0.15) is 0 Å². The van der Waals surface area contributed by atoms with Gasteiger partial charge in [0.2, 0.25) is 0 Å². The average molecular weight is 371 g/mol. The van der Waals surface area contributed by atoms with Crippen LogP contribution in [0.4, 0.5) is 5.69 Å². The first-order chi connectivity index (χ1) is 11.5. The molecule has 8 heteroatoms. The molecule has 0 saturated carbocycles. The summed E-state index contributed by atoms with van der Waals surface area (Å²) in [7, 11) is -2.96. The molecule has 2 saturated heterocycles. The molecule has 3 rings (SSSR count). The number of sulfone groups is 1. The molecule has 6 nitrogen and oxygen atoms in total. The highest BCUT2D eigenvalue weighted by Crippen LogP contribution is 2.21. The van der Waals surface area contributed by atoms with Gasteiger partial charge in [0.15, 0.2) is 15.8 Å². The zero-order valence-corrected chi connectivity index (χ0v) is 15.1. The maximum Gasteiger partial charge on any atom is 0.191 e. The molecule has 24 heavy (non-hydrogen) atoms. The Bertz CT molecular complexity index is 697. The number of rotatable bonds is 3. The number of hydrogen-bond acceptors (Lipinski definition) is 4. The van der Waals surface area contributed by atoms with Crippen molar-refractivity contribution in [3.8, 4) is 0 Å². The third kappa shape index (κ3) is 3.95. The fraction of sp³-hybridized carbons (Fsp3) is 0.562. The molecule has 1 unspecified atom stereocenters. The smallest absolute Gasteiger partial charge is 0.191 e. The Hall–Kier alpha value is -1.47. The standard InChI is InChI=1S/C16H23ClN4O2S/c17-13-3-5-14(6-4-13)20-7-9-21(10-8-20)16(18)19-12-15-2-1-11-24(15,22)23/h3-6,15H,1-2,7-12H2,(H2,18,19). The van der Waals surface area contributed by atoms with Gasteiger partial charge in [0.05, 0.1) is 17.5 Å². The van der Waals surface area contributed by atoms with Crippen LogP contribution in [-0.2, 0) is 9.84 Å². The summed E-state index contributed by atoms with van der Waals surface area (Å²) in [4.78, 5) is 8.64. The van der Waals surface area contributed by atoms with Crippen molar-refractivity contribution in [2.24, 2.45) is 10.7 Å². The lowest BCUT2D eigenvalue weighted by atomic mass is 10.2. The Morgan fingerprint density at radius 2 is 1.88 bits per heavy atom. The third-order valence-electron chi connectivity index (χ3n) is 4.72. The molecular weight excluding hydrogens is 348 g/mol. The second-order valence-corrected chi connectivity index (χ2v) is 9.12. The van der Waals surface area contributed by atoms with E-state index >= 15 is 0 Å². The predicted molar refractivity (Wildman–Crippen MR) is 98.5 cm³/mol. The van der Waals surface area contributed by atoms with Gasteiger partial charge in [-0.25, -0.2) is 8.42 Å². The van der Waals surface area contributed by atoms with Crippen LogP contribution in [0.3, 0.4) is 0 Å². The minimum atomic E-state index is -2.96. The number of nitrogens with two attached hydrogens (primary N) is 1. The van der Waals surface area contributed by atoms with Crippen molar-refractivity contribution in [2.75, 3.05) is 43.4 Å². The van der Waals surface area contributed by atoms with Crippen molar-refractivity contribution in [3.63, 3.8) is 0 Å². The van der Waals surface area contributed by atoms with E-state index in [0.29, 0.717) is 12.4 Å². The molecule has 1 atom stereocenters. The lowest BCUT2D eigenvalue weighted by Gasteiger charge is -2.36. The number of guanidine groups is 1. The van der Waals surface area contributed by atoms with Crippen LogP contribution < -0.4 is 10.6 Å². The predicted octanol–water partition coefficient (Wildman–Crippen LogP) is 1.35. The van der Waals surface area contributed by atoms with Gasteiger partial charge in [-0.2, -0.15) is 0 Å². The fourth-order valence-electron chi connectivity index (χ4n) is 3.20. The summed E-state index contributed by atoms with van der Waals surface area (Å²) in [6, 6.07) is 7.81. The van der Waals surface area contributed by atoms with E-state index in [4.69, 9.17) is 17.3 Å². The van der Waals surface area contributed by atoms with Gasteiger partial charge in [-0.05, 0) is 37.1 Å². The molecular formula is C16H23ClN4O2S. The number of benzene rings is 1. The number of halogens is 1. The summed E-state index contributed by atoms with van der Waals surface area (Å²) in [5.74, 6) is 0.736. The quantitative estimate of drug-likeness (QED) is 0.642. The van der Waals surface area contributed by atoms with Crippen LogP contribution in [0.2, 0.25) is 5.02 Å². The van der Waals surface area contributed by atoms with Crippen molar-refractivity contribution >= 4 is 33.1 Å². The molecule has 2 N–H and O–H groups in total. The minimum absolute atomic E-state index is 0.283. The van der Waals surface area contributed by atoms with E-state index in [1.165, 1.54) is 0 Å². The van der Waals surface area contributed by atoms with E-state index in [9.17, 15) is 8.42 Å². The van der Waals surface area contributed by atoms with E-state index in [-0.39, 0.29) is 17.5 Å². The van der Waals surface area contributed by atoms with Gasteiger partial charge in [-0.1, -0.05) is 11.6 Å². The number of anilines is 1. The van der Waals surface area contributed by atoms with Crippen molar-refractivity contribution in [1.82, 2.24) is 4.90 Å². The zero-order valence-electron chi connectivity index (χ0n) is 13.6. The minimum Gasteiger partial charge on any atom is -0.370 e. The molecule has 1 aromatic carbocycles. The van der Waals surface area contributed by atoms with E-state index < -0.39 is 9.84 Å². The average Bonchev–Trinajstić information content (AvgIpc) is 2.92. The van der Waals surface area contributed by atoms with Crippen LogP contribution in [0.25, 0.3) is 0 Å². The number of hydrogen-bond donors (Lipinski definition) is 1. The zero-order chi connectivity index (χ0) is 17.2. The van der Waals surface area contributed by atoms with Gasteiger partial charge >= 0.3 is 0 Å². The molecule has 132 valence electrons. The molecule has 2 fully saturated rings. The highest BCUT2D eigenvalue weighted by atomic mass is 35.5. The summed E-state index contributed by atoms with van der Waals surface area (Å²) in [6.07, 6.45) is 1.44.